The highest BCUT2D eigenvalue weighted by Gasteiger charge is 2.14. The van der Waals surface area contributed by atoms with E-state index >= 15 is 0 Å². The van der Waals surface area contributed by atoms with Crippen LogP contribution >= 0.6 is 15.9 Å². The summed E-state index contributed by atoms with van der Waals surface area (Å²) >= 11 is 3.16. The lowest BCUT2D eigenvalue weighted by Gasteiger charge is -2.06. The first-order chi connectivity index (χ1) is 8.61. The van der Waals surface area contributed by atoms with Gasteiger partial charge in [0.25, 0.3) is 5.91 Å². The first kappa shape index (κ1) is 12.8. The lowest BCUT2D eigenvalue weighted by molar-refractivity contribution is 0.102. The Morgan fingerprint density at radius 2 is 2.22 bits per heavy atom. The monoisotopic (exact) mass is 311 g/mol. The van der Waals surface area contributed by atoms with E-state index in [2.05, 4.69) is 21.2 Å². The Morgan fingerprint density at radius 1 is 1.44 bits per heavy atom. The van der Waals surface area contributed by atoms with Gasteiger partial charge in [0, 0.05) is 10.9 Å². The molecule has 3 nitrogen and oxygen atoms in total. The van der Waals surface area contributed by atoms with Gasteiger partial charge < -0.3 is 9.73 Å². The molecule has 0 radical (unpaired) electrons. The minimum atomic E-state index is -0.487. The summed E-state index contributed by atoms with van der Waals surface area (Å²) in [5.74, 6) is -0.272. The van der Waals surface area contributed by atoms with Gasteiger partial charge in [0.1, 0.15) is 11.6 Å². The van der Waals surface area contributed by atoms with Crippen LogP contribution in [0.3, 0.4) is 0 Å². The maximum Gasteiger partial charge on any atom is 0.259 e. The van der Waals surface area contributed by atoms with Crippen molar-refractivity contribution >= 4 is 27.5 Å². The highest BCUT2D eigenvalue weighted by atomic mass is 79.9. The van der Waals surface area contributed by atoms with Gasteiger partial charge in [-0.05, 0) is 24.3 Å². The third kappa shape index (κ3) is 2.61. The Balaban J connectivity index is 2.21. The van der Waals surface area contributed by atoms with E-state index in [0.29, 0.717) is 22.2 Å². The average Bonchev–Trinajstić information content (AvgIpc) is 2.81. The van der Waals surface area contributed by atoms with Crippen molar-refractivity contribution in [1.29, 1.82) is 0 Å². The number of nitrogens with one attached hydrogen (secondary N) is 1. The molecule has 94 valence electrons. The van der Waals surface area contributed by atoms with E-state index in [0.717, 1.165) is 0 Å². The SMILES string of the molecule is CCc1occc1C(=O)Nc1ccc(Br)cc1F. The maximum absolute atomic E-state index is 13.6. The summed E-state index contributed by atoms with van der Waals surface area (Å²) in [5.41, 5.74) is 0.575. The van der Waals surface area contributed by atoms with E-state index in [9.17, 15) is 9.18 Å². The quantitative estimate of drug-likeness (QED) is 0.931. The summed E-state index contributed by atoms with van der Waals surface area (Å²) in [6.07, 6.45) is 2.06. The molecule has 2 rings (SSSR count). The molecule has 18 heavy (non-hydrogen) atoms. The van der Waals surface area contributed by atoms with E-state index in [4.69, 9.17) is 4.42 Å². The van der Waals surface area contributed by atoms with Gasteiger partial charge in [0.2, 0.25) is 0 Å². The van der Waals surface area contributed by atoms with Gasteiger partial charge in [-0.2, -0.15) is 0 Å². The minimum Gasteiger partial charge on any atom is -0.469 e. The Labute approximate surface area is 112 Å². The zero-order valence-electron chi connectivity index (χ0n) is 9.67. The van der Waals surface area contributed by atoms with Crippen LogP contribution in [0, 0.1) is 5.82 Å². The molecule has 1 N–H and O–H groups in total. The zero-order chi connectivity index (χ0) is 13.1. The van der Waals surface area contributed by atoms with Crippen molar-refractivity contribution in [3.8, 4) is 0 Å². The number of carbonyl (C=O) groups is 1. The molecule has 1 aromatic carbocycles. The number of furan rings is 1. The van der Waals surface area contributed by atoms with Gasteiger partial charge in [0.05, 0.1) is 17.5 Å². The van der Waals surface area contributed by atoms with Crippen molar-refractivity contribution < 1.29 is 13.6 Å². The van der Waals surface area contributed by atoms with Crippen LogP contribution in [0.4, 0.5) is 10.1 Å². The number of hydrogen-bond acceptors (Lipinski definition) is 2. The molecule has 0 unspecified atom stereocenters. The van der Waals surface area contributed by atoms with E-state index in [-0.39, 0.29) is 11.6 Å². The van der Waals surface area contributed by atoms with E-state index < -0.39 is 5.82 Å². The number of aryl methyl sites for hydroxylation is 1. The van der Waals surface area contributed by atoms with Crippen molar-refractivity contribution in [2.24, 2.45) is 0 Å². The second kappa shape index (κ2) is 5.35. The molecule has 0 saturated heterocycles. The van der Waals surface area contributed by atoms with Crippen LogP contribution in [-0.4, -0.2) is 5.91 Å². The molecule has 0 saturated carbocycles. The summed E-state index contributed by atoms with van der Waals surface area (Å²) in [4.78, 5) is 11.9. The fourth-order valence-electron chi connectivity index (χ4n) is 1.60. The molecule has 0 fully saturated rings. The van der Waals surface area contributed by atoms with Crippen LogP contribution in [0.5, 0.6) is 0 Å². The minimum absolute atomic E-state index is 0.145. The largest absolute Gasteiger partial charge is 0.469 e. The van der Waals surface area contributed by atoms with Crippen molar-refractivity contribution in [1.82, 2.24) is 0 Å². The summed E-state index contributed by atoms with van der Waals surface area (Å²) in [6, 6.07) is 6.04. The predicted molar refractivity (Wildman–Crippen MR) is 70.1 cm³/mol. The predicted octanol–water partition coefficient (Wildman–Crippen LogP) is 4.00. The van der Waals surface area contributed by atoms with Crippen LogP contribution in [-0.2, 0) is 6.42 Å². The third-order valence-electron chi connectivity index (χ3n) is 2.49. The number of anilines is 1. The highest BCUT2D eigenvalue weighted by molar-refractivity contribution is 9.10. The molecule has 0 aliphatic rings. The molecule has 0 aliphatic carbocycles. The molecule has 1 amide bonds. The van der Waals surface area contributed by atoms with Gasteiger partial charge in [-0.15, -0.1) is 0 Å². The van der Waals surface area contributed by atoms with Crippen molar-refractivity contribution in [3.63, 3.8) is 0 Å². The first-order valence-corrected chi connectivity index (χ1v) is 6.24. The van der Waals surface area contributed by atoms with Crippen LogP contribution < -0.4 is 5.32 Å². The molecule has 2 aromatic rings. The summed E-state index contributed by atoms with van der Waals surface area (Å²) in [7, 11) is 0. The fraction of sp³-hybridized carbons (Fsp3) is 0.154. The number of benzene rings is 1. The number of amides is 1. The average molecular weight is 312 g/mol. The number of carbonyl (C=O) groups excluding carboxylic acids is 1. The number of rotatable bonds is 3. The van der Waals surface area contributed by atoms with E-state index in [1.165, 1.54) is 18.4 Å². The highest BCUT2D eigenvalue weighted by Crippen LogP contribution is 2.21. The number of hydrogen-bond donors (Lipinski definition) is 1. The van der Waals surface area contributed by atoms with Gasteiger partial charge in [-0.25, -0.2) is 4.39 Å². The Hall–Kier alpha value is -1.62. The Kier molecular flexibility index (Phi) is 3.81. The molecule has 1 aromatic heterocycles. The third-order valence-corrected chi connectivity index (χ3v) is 2.98. The van der Waals surface area contributed by atoms with Gasteiger partial charge in [-0.3, -0.25) is 4.79 Å². The van der Waals surface area contributed by atoms with Crippen LogP contribution in [0.15, 0.2) is 39.4 Å². The molecule has 5 heteroatoms. The molecule has 0 bridgehead atoms. The molecular formula is C13H11BrFNO2. The van der Waals surface area contributed by atoms with Gasteiger partial charge in [-0.1, -0.05) is 22.9 Å². The summed E-state index contributed by atoms with van der Waals surface area (Å²) < 4.78 is 19.3. The second-order valence-electron chi connectivity index (χ2n) is 3.69. The summed E-state index contributed by atoms with van der Waals surface area (Å²) in [6.45, 7) is 1.88. The second-order valence-corrected chi connectivity index (χ2v) is 4.60. The first-order valence-electron chi connectivity index (χ1n) is 5.44. The fourth-order valence-corrected chi connectivity index (χ4v) is 1.93. The number of halogens is 2. The van der Waals surface area contributed by atoms with Crippen molar-refractivity contribution in [3.05, 3.63) is 52.1 Å². The van der Waals surface area contributed by atoms with E-state index in [1.807, 2.05) is 6.92 Å². The Morgan fingerprint density at radius 3 is 2.89 bits per heavy atom. The zero-order valence-corrected chi connectivity index (χ0v) is 11.3. The molecule has 1 heterocycles. The molecule has 0 aliphatic heterocycles. The van der Waals surface area contributed by atoms with Crippen molar-refractivity contribution in [2.75, 3.05) is 5.32 Å². The van der Waals surface area contributed by atoms with Crippen molar-refractivity contribution in [2.45, 2.75) is 13.3 Å². The molecule has 0 atom stereocenters. The van der Waals surface area contributed by atoms with Gasteiger partial charge in [0.15, 0.2) is 0 Å². The van der Waals surface area contributed by atoms with E-state index in [1.54, 1.807) is 12.1 Å². The van der Waals surface area contributed by atoms with Crippen LogP contribution in [0.25, 0.3) is 0 Å². The van der Waals surface area contributed by atoms with Gasteiger partial charge >= 0.3 is 0 Å². The maximum atomic E-state index is 13.6. The normalized spacial score (nSPS) is 10.4. The molecular weight excluding hydrogens is 301 g/mol. The van der Waals surface area contributed by atoms with Crippen LogP contribution in [0.1, 0.15) is 23.0 Å². The Bertz CT molecular complexity index is 580. The standard InChI is InChI=1S/C13H11BrFNO2/c1-2-12-9(5-6-18-12)13(17)16-11-4-3-8(14)7-10(11)15/h3-7H,2H2,1H3,(H,16,17). The lowest BCUT2D eigenvalue weighted by Crippen LogP contribution is -2.13. The lowest BCUT2D eigenvalue weighted by atomic mass is 10.2. The smallest absolute Gasteiger partial charge is 0.259 e. The summed E-state index contributed by atoms with van der Waals surface area (Å²) in [5, 5.41) is 2.52. The molecule has 0 spiro atoms. The van der Waals surface area contributed by atoms with Crippen LogP contribution in [0.2, 0.25) is 0 Å². The topological polar surface area (TPSA) is 42.2 Å².